The molecular formula is C21H30N10O8S2. The van der Waals surface area contributed by atoms with Crippen LogP contribution in [-0.2, 0) is 42.6 Å². The fourth-order valence-electron chi connectivity index (χ4n) is 4.49. The Kier molecular flexibility index (Phi) is 9.17. The lowest BCUT2D eigenvalue weighted by Crippen LogP contribution is -2.73. The van der Waals surface area contributed by atoms with Gasteiger partial charge in [0.2, 0.25) is 5.60 Å². The number of nitrogen functional groups attached to an aromatic ring is 1. The maximum absolute atomic E-state index is 13.3. The lowest BCUT2D eigenvalue weighted by Gasteiger charge is -2.43. The number of nitrogens with two attached hydrogens (primary N) is 2. The highest BCUT2D eigenvalue weighted by molar-refractivity contribution is 7.84. The number of carboxylic acids is 1. The number of nitrogens with one attached hydrogen (secondary N) is 2. The van der Waals surface area contributed by atoms with Crippen LogP contribution in [0.25, 0.3) is 0 Å². The minimum atomic E-state index is -4.98. The SMILES string of the molecule is NCCCNCc1cnn(C[C@@H]2[C@H](NC(=O)/C(=N\OC3(C(=O)O)CCCC3)c3csc(N)n3)C(=O)N2S(=O)(=O)O)n1. The number of oxime groups is 1. The van der Waals surface area contributed by atoms with E-state index in [1.54, 1.807) is 0 Å². The number of hydrogen-bond acceptors (Lipinski definition) is 14. The summed E-state index contributed by atoms with van der Waals surface area (Å²) >= 11 is 0.985. The molecule has 0 unspecified atom stereocenters. The fourth-order valence-corrected chi connectivity index (χ4v) is 5.91. The summed E-state index contributed by atoms with van der Waals surface area (Å²) in [6.45, 7) is 1.23. The molecule has 1 aliphatic heterocycles. The third kappa shape index (κ3) is 6.78. The number of nitrogens with zero attached hydrogens (tertiary/aromatic N) is 6. The highest BCUT2D eigenvalue weighted by Crippen LogP contribution is 2.34. The van der Waals surface area contributed by atoms with Gasteiger partial charge in [-0.2, -0.15) is 23.4 Å². The smallest absolute Gasteiger partial charge is 0.362 e. The average Bonchev–Trinajstić information content (AvgIpc) is 3.66. The van der Waals surface area contributed by atoms with E-state index in [9.17, 15) is 32.5 Å². The first kappa shape index (κ1) is 30.2. The van der Waals surface area contributed by atoms with Crippen LogP contribution in [-0.4, -0.2) is 96.6 Å². The van der Waals surface area contributed by atoms with Crippen molar-refractivity contribution in [1.29, 1.82) is 0 Å². The van der Waals surface area contributed by atoms with Gasteiger partial charge >= 0.3 is 16.3 Å². The Balaban J connectivity index is 1.54. The zero-order valence-electron chi connectivity index (χ0n) is 21.7. The Bertz CT molecular complexity index is 1420. The molecule has 0 spiro atoms. The zero-order valence-corrected chi connectivity index (χ0v) is 23.3. The molecule has 3 heterocycles. The van der Waals surface area contributed by atoms with E-state index in [0.717, 1.165) is 22.6 Å². The highest BCUT2D eigenvalue weighted by Gasteiger charge is 2.55. The molecule has 2 fully saturated rings. The number of thiazole rings is 1. The van der Waals surface area contributed by atoms with Gasteiger partial charge < -0.3 is 32.0 Å². The van der Waals surface area contributed by atoms with E-state index in [1.165, 1.54) is 11.6 Å². The summed E-state index contributed by atoms with van der Waals surface area (Å²) in [6.07, 6.45) is 3.72. The van der Waals surface area contributed by atoms with Crippen molar-refractivity contribution in [2.75, 3.05) is 18.8 Å². The maximum Gasteiger partial charge on any atom is 0.362 e. The summed E-state index contributed by atoms with van der Waals surface area (Å²) in [6, 6.07) is -2.74. The van der Waals surface area contributed by atoms with Gasteiger partial charge in [-0.05, 0) is 32.4 Å². The zero-order chi connectivity index (χ0) is 29.8. The molecule has 2 aromatic heterocycles. The highest BCUT2D eigenvalue weighted by atomic mass is 32.2. The Morgan fingerprint density at radius 2 is 2.05 bits per heavy atom. The third-order valence-electron chi connectivity index (χ3n) is 6.59. The van der Waals surface area contributed by atoms with Crippen LogP contribution in [0.2, 0.25) is 0 Å². The van der Waals surface area contributed by atoms with E-state index in [2.05, 4.69) is 31.0 Å². The second-order valence-electron chi connectivity index (χ2n) is 9.45. The van der Waals surface area contributed by atoms with Gasteiger partial charge in [0.15, 0.2) is 10.8 Å². The Hall–Kier alpha value is -3.72. The quantitative estimate of drug-likeness (QED) is 0.0445. The van der Waals surface area contributed by atoms with Crippen molar-refractivity contribution in [1.82, 2.24) is 34.9 Å². The molecule has 18 nitrogen and oxygen atoms in total. The normalized spacial score (nSPS) is 20.6. The van der Waals surface area contributed by atoms with Gasteiger partial charge in [-0.1, -0.05) is 5.16 Å². The lowest BCUT2D eigenvalue weighted by molar-refractivity contribution is -0.165. The van der Waals surface area contributed by atoms with E-state index in [0.29, 0.717) is 38.2 Å². The summed E-state index contributed by atoms with van der Waals surface area (Å²) in [5.41, 5.74) is 9.54. The molecule has 0 radical (unpaired) electrons. The summed E-state index contributed by atoms with van der Waals surface area (Å²) in [7, 11) is -4.98. The van der Waals surface area contributed by atoms with Crippen LogP contribution in [0.15, 0.2) is 16.7 Å². The van der Waals surface area contributed by atoms with Crippen molar-refractivity contribution < 1.29 is 37.3 Å². The average molecular weight is 615 g/mol. The molecule has 20 heteroatoms. The van der Waals surface area contributed by atoms with E-state index < -0.39 is 51.5 Å². The number of hydrogen-bond donors (Lipinski definition) is 6. The van der Waals surface area contributed by atoms with Gasteiger partial charge in [-0.25, -0.2) is 14.1 Å². The van der Waals surface area contributed by atoms with Crippen LogP contribution >= 0.6 is 11.3 Å². The van der Waals surface area contributed by atoms with Crippen molar-refractivity contribution >= 4 is 50.3 Å². The number of carboxylic acid groups (broad SMARTS) is 1. The van der Waals surface area contributed by atoms with Gasteiger partial charge in [0.05, 0.1) is 18.4 Å². The second kappa shape index (κ2) is 12.4. The predicted octanol–water partition coefficient (Wildman–Crippen LogP) is -1.93. The third-order valence-corrected chi connectivity index (χ3v) is 8.22. The van der Waals surface area contributed by atoms with Crippen LogP contribution in [0.3, 0.4) is 0 Å². The molecule has 2 amide bonds. The van der Waals surface area contributed by atoms with E-state index >= 15 is 0 Å². The molecule has 1 saturated carbocycles. The van der Waals surface area contributed by atoms with E-state index in [1.807, 2.05) is 0 Å². The van der Waals surface area contributed by atoms with Crippen molar-refractivity contribution in [3.05, 3.63) is 23.0 Å². The first-order valence-electron chi connectivity index (χ1n) is 12.6. The summed E-state index contributed by atoms with van der Waals surface area (Å²) in [5.74, 6) is -3.36. The van der Waals surface area contributed by atoms with Gasteiger partial charge in [0.25, 0.3) is 11.8 Å². The van der Waals surface area contributed by atoms with E-state index in [4.69, 9.17) is 16.3 Å². The molecule has 1 aliphatic carbocycles. The Labute approximate surface area is 238 Å². The number of carbonyl (C=O) groups excluding carboxylic acids is 2. The molecule has 2 aromatic rings. The molecule has 2 atom stereocenters. The van der Waals surface area contributed by atoms with Crippen molar-refractivity contribution in [2.24, 2.45) is 10.9 Å². The van der Waals surface area contributed by atoms with Gasteiger partial charge in [-0.15, -0.1) is 11.3 Å². The first-order valence-corrected chi connectivity index (χ1v) is 14.8. The van der Waals surface area contributed by atoms with Crippen LogP contribution in [0.5, 0.6) is 0 Å². The number of aliphatic carboxylic acids is 1. The number of carbonyl (C=O) groups is 3. The standard InChI is InChI=1S/C21H30N10O8S2/c22-6-3-7-24-8-12-9-25-30(28-12)10-14-16(18(33)31(14)41(36,37)38)27-17(32)15(13-11-40-20(23)26-13)29-39-21(19(34)35)4-1-2-5-21/h9,11,14,16,24H,1-8,10,22H2,(H2,23,26)(H,27,32)(H,34,35)(H,36,37,38)/b29-15-/t14-,16+/m1/s1. The molecule has 41 heavy (non-hydrogen) atoms. The molecule has 0 bridgehead atoms. The largest absolute Gasteiger partial charge is 0.478 e. The predicted molar refractivity (Wildman–Crippen MR) is 142 cm³/mol. The number of anilines is 1. The van der Waals surface area contributed by atoms with Gasteiger partial charge in [-0.3, -0.25) is 14.1 Å². The first-order chi connectivity index (χ1) is 19.4. The van der Waals surface area contributed by atoms with Gasteiger partial charge in [0.1, 0.15) is 17.8 Å². The van der Waals surface area contributed by atoms with Crippen LogP contribution in [0.1, 0.15) is 43.5 Å². The molecule has 2 aliphatic rings. The Morgan fingerprint density at radius 3 is 2.66 bits per heavy atom. The minimum Gasteiger partial charge on any atom is -0.478 e. The number of β-lactam (4-membered cyclic amide) rings is 1. The number of rotatable bonds is 14. The summed E-state index contributed by atoms with van der Waals surface area (Å²) < 4.78 is 33.7. The monoisotopic (exact) mass is 614 g/mol. The van der Waals surface area contributed by atoms with Crippen molar-refractivity contribution in [3.8, 4) is 0 Å². The second-order valence-corrected chi connectivity index (χ2v) is 11.6. The topological polar surface area (TPSA) is 270 Å². The molecule has 8 N–H and O–H groups in total. The molecule has 1 saturated heterocycles. The van der Waals surface area contributed by atoms with Crippen LogP contribution in [0.4, 0.5) is 5.13 Å². The van der Waals surface area contributed by atoms with E-state index in [-0.39, 0.29) is 34.5 Å². The molecule has 0 aromatic carbocycles. The van der Waals surface area contributed by atoms with Crippen LogP contribution < -0.4 is 22.1 Å². The van der Waals surface area contributed by atoms with Gasteiger partial charge in [0, 0.05) is 24.8 Å². The minimum absolute atomic E-state index is 0.0426. The Morgan fingerprint density at radius 1 is 1.32 bits per heavy atom. The number of amides is 2. The molecule has 224 valence electrons. The molecule has 4 rings (SSSR count). The van der Waals surface area contributed by atoms with Crippen LogP contribution in [0, 0.1) is 0 Å². The summed E-state index contributed by atoms with van der Waals surface area (Å²) in [5, 5.41) is 28.8. The number of aromatic nitrogens is 4. The van der Waals surface area contributed by atoms with Crippen molar-refractivity contribution in [3.63, 3.8) is 0 Å². The summed E-state index contributed by atoms with van der Waals surface area (Å²) in [4.78, 5) is 48.5. The lowest BCUT2D eigenvalue weighted by atomic mass is 9.98. The maximum atomic E-state index is 13.3. The molecular weight excluding hydrogens is 584 g/mol. The fraction of sp³-hybridized carbons (Fsp3) is 0.571. The van der Waals surface area contributed by atoms with Crippen molar-refractivity contribution in [2.45, 2.75) is 62.9 Å².